The Bertz CT molecular complexity index is 1190. The average Bonchev–Trinajstić information content (AvgIpc) is 2.80. The minimum atomic E-state index is -0.557. The van der Waals surface area contributed by atoms with Crippen LogP contribution >= 0.6 is 23.2 Å². The summed E-state index contributed by atoms with van der Waals surface area (Å²) in [7, 11) is 0. The summed E-state index contributed by atoms with van der Waals surface area (Å²) >= 11 is 12.5. The number of nitrogens with one attached hydrogen (secondary N) is 1. The standard InChI is InChI=1S/C26H24Cl2N2O3/c1-4-32-24-11-8-18(13-25(24)33-5-2)26(31)30-23-14-22(28)20(12-16(23)3)21(15-29)17-6-9-19(27)10-7-17/h6-14,21H,4-5H2,1-3H3,(H,30,31)/t21-/m1/s1. The van der Waals surface area contributed by atoms with Crippen LogP contribution in [-0.4, -0.2) is 19.1 Å². The molecule has 0 bridgehead atoms. The van der Waals surface area contributed by atoms with E-state index in [2.05, 4.69) is 11.4 Å². The number of ether oxygens (including phenoxy) is 2. The predicted octanol–water partition coefficient (Wildman–Crippen LogP) is 7.01. The number of anilines is 1. The van der Waals surface area contributed by atoms with Gasteiger partial charge < -0.3 is 14.8 Å². The number of halogens is 2. The molecule has 7 heteroatoms. The zero-order chi connectivity index (χ0) is 24.0. The van der Waals surface area contributed by atoms with Crippen molar-refractivity contribution in [3.63, 3.8) is 0 Å². The molecule has 0 aromatic heterocycles. The van der Waals surface area contributed by atoms with Crippen LogP contribution in [0.3, 0.4) is 0 Å². The highest BCUT2D eigenvalue weighted by Gasteiger charge is 2.20. The number of aryl methyl sites for hydroxylation is 1. The molecule has 0 fully saturated rings. The number of amides is 1. The number of carbonyl (C=O) groups excluding carboxylic acids is 1. The molecule has 0 radical (unpaired) electrons. The molecule has 33 heavy (non-hydrogen) atoms. The van der Waals surface area contributed by atoms with Crippen LogP contribution in [0.1, 0.15) is 46.8 Å². The van der Waals surface area contributed by atoms with Crippen LogP contribution in [0.4, 0.5) is 5.69 Å². The van der Waals surface area contributed by atoms with Gasteiger partial charge in [-0.2, -0.15) is 5.26 Å². The number of hydrogen-bond donors (Lipinski definition) is 1. The number of nitrogens with zero attached hydrogens (tertiary/aromatic N) is 1. The highest BCUT2D eigenvalue weighted by molar-refractivity contribution is 6.32. The van der Waals surface area contributed by atoms with Crippen LogP contribution in [0.2, 0.25) is 10.0 Å². The molecule has 3 aromatic rings. The molecule has 1 atom stereocenters. The Morgan fingerprint density at radius 1 is 1.00 bits per heavy atom. The molecule has 3 aromatic carbocycles. The Labute approximate surface area is 203 Å². The van der Waals surface area contributed by atoms with Gasteiger partial charge in [-0.25, -0.2) is 0 Å². The molecule has 0 unspecified atom stereocenters. The largest absolute Gasteiger partial charge is 0.490 e. The van der Waals surface area contributed by atoms with Crippen LogP contribution in [0, 0.1) is 18.3 Å². The van der Waals surface area contributed by atoms with Crippen molar-refractivity contribution in [2.24, 2.45) is 0 Å². The first-order chi connectivity index (χ1) is 15.9. The van der Waals surface area contributed by atoms with Gasteiger partial charge in [0, 0.05) is 21.3 Å². The minimum absolute atomic E-state index is 0.305. The number of benzene rings is 3. The van der Waals surface area contributed by atoms with E-state index in [9.17, 15) is 10.1 Å². The Morgan fingerprint density at radius 2 is 1.67 bits per heavy atom. The van der Waals surface area contributed by atoms with Gasteiger partial charge in [-0.05, 0) is 73.9 Å². The van der Waals surface area contributed by atoms with E-state index in [0.717, 1.165) is 11.1 Å². The molecule has 170 valence electrons. The van der Waals surface area contributed by atoms with Crippen LogP contribution in [-0.2, 0) is 0 Å². The third kappa shape index (κ3) is 5.78. The van der Waals surface area contributed by atoms with Gasteiger partial charge in [-0.15, -0.1) is 0 Å². The molecule has 0 saturated carbocycles. The average molecular weight is 483 g/mol. The van der Waals surface area contributed by atoms with Gasteiger partial charge >= 0.3 is 0 Å². The summed E-state index contributed by atoms with van der Waals surface area (Å²) in [6.45, 7) is 6.56. The maximum absolute atomic E-state index is 12.9. The van der Waals surface area contributed by atoms with Gasteiger partial charge in [0.25, 0.3) is 5.91 Å². The first-order valence-electron chi connectivity index (χ1n) is 10.5. The third-order valence-corrected chi connectivity index (χ3v) is 5.62. The fourth-order valence-corrected chi connectivity index (χ4v) is 3.82. The molecule has 1 amide bonds. The van der Waals surface area contributed by atoms with Gasteiger partial charge in [0.05, 0.1) is 25.2 Å². The van der Waals surface area contributed by atoms with Gasteiger partial charge in [0.15, 0.2) is 11.5 Å². The molecule has 0 aliphatic heterocycles. The highest BCUT2D eigenvalue weighted by atomic mass is 35.5. The molecular weight excluding hydrogens is 459 g/mol. The minimum Gasteiger partial charge on any atom is -0.490 e. The maximum atomic E-state index is 12.9. The number of hydrogen-bond acceptors (Lipinski definition) is 4. The lowest BCUT2D eigenvalue weighted by molar-refractivity contribution is 0.102. The summed E-state index contributed by atoms with van der Waals surface area (Å²) in [5.74, 6) is 0.236. The molecule has 5 nitrogen and oxygen atoms in total. The van der Waals surface area contributed by atoms with Crippen LogP contribution in [0.5, 0.6) is 11.5 Å². The Morgan fingerprint density at radius 3 is 2.30 bits per heavy atom. The quantitative estimate of drug-likeness (QED) is 0.374. The number of nitriles is 1. The molecule has 0 heterocycles. The van der Waals surface area contributed by atoms with Gasteiger partial charge in [-0.3, -0.25) is 4.79 Å². The molecule has 0 saturated heterocycles. The fourth-order valence-electron chi connectivity index (χ4n) is 3.43. The second-order valence-electron chi connectivity index (χ2n) is 7.28. The van der Waals surface area contributed by atoms with Crippen LogP contribution < -0.4 is 14.8 Å². The third-order valence-electron chi connectivity index (χ3n) is 5.04. The number of rotatable bonds is 8. The summed E-state index contributed by atoms with van der Waals surface area (Å²) in [4.78, 5) is 12.9. The Kier molecular flexibility index (Phi) is 8.21. The van der Waals surface area contributed by atoms with E-state index in [0.29, 0.717) is 51.6 Å². The van der Waals surface area contributed by atoms with Crippen molar-refractivity contribution in [3.05, 3.63) is 86.9 Å². The lowest BCUT2D eigenvalue weighted by Gasteiger charge is -2.17. The predicted molar refractivity (Wildman–Crippen MR) is 132 cm³/mol. The summed E-state index contributed by atoms with van der Waals surface area (Å²) in [5, 5.41) is 13.7. The molecule has 0 aliphatic rings. The zero-order valence-corrected chi connectivity index (χ0v) is 20.1. The fraction of sp³-hybridized carbons (Fsp3) is 0.231. The second-order valence-corrected chi connectivity index (χ2v) is 8.13. The topological polar surface area (TPSA) is 71.3 Å². The van der Waals surface area contributed by atoms with E-state index in [-0.39, 0.29) is 5.91 Å². The van der Waals surface area contributed by atoms with Gasteiger partial charge in [0.1, 0.15) is 0 Å². The van der Waals surface area contributed by atoms with Crippen molar-refractivity contribution >= 4 is 34.8 Å². The summed E-state index contributed by atoms with van der Waals surface area (Å²) in [5.41, 5.74) is 3.23. The van der Waals surface area contributed by atoms with Crippen LogP contribution in [0.15, 0.2) is 54.6 Å². The van der Waals surface area contributed by atoms with Gasteiger partial charge in [-0.1, -0.05) is 41.4 Å². The molecule has 0 spiro atoms. The zero-order valence-electron chi connectivity index (χ0n) is 18.6. The summed E-state index contributed by atoms with van der Waals surface area (Å²) in [6, 6.07) is 17.9. The normalized spacial score (nSPS) is 11.4. The van der Waals surface area contributed by atoms with Crippen molar-refractivity contribution < 1.29 is 14.3 Å². The lowest BCUT2D eigenvalue weighted by Crippen LogP contribution is -2.14. The van der Waals surface area contributed by atoms with Crippen molar-refractivity contribution in [1.29, 1.82) is 5.26 Å². The Balaban J connectivity index is 1.87. The van der Waals surface area contributed by atoms with E-state index in [1.807, 2.05) is 26.8 Å². The first kappa shape index (κ1) is 24.4. The lowest BCUT2D eigenvalue weighted by atomic mass is 9.91. The first-order valence-corrected chi connectivity index (χ1v) is 11.3. The van der Waals surface area contributed by atoms with Crippen molar-refractivity contribution in [2.75, 3.05) is 18.5 Å². The SMILES string of the molecule is CCOc1ccc(C(=O)Nc2cc(Cl)c([C@H](C#N)c3ccc(Cl)cc3)cc2C)cc1OCC. The van der Waals surface area contributed by atoms with E-state index in [1.165, 1.54) is 0 Å². The molecule has 1 N–H and O–H groups in total. The monoisotopic (exact) mass is 482 g/mol. The van der Waals surface area contributed by atoms with Crippen LogP contribution in [0.25, 0.3) is 0 Å². The summed E-state index contributed by atoms with van der Waals surface area (Å²) in [6.07, 6.45) is 0. The molecular formula is C26H24Cl2N2O3. The highest BCUT2D eigenvalue weighted by Crippen LogP contribution is 2.35. The summed E-state index contributed by atoms with van der Waals surface area (Å²) < 4.78 is 11.2. The molecule has 3 rings (SSSR count). The van der Waals surface area contributed by atoms with Gasteiger partial charge in [0.2, 0.25) is 0 Å². The van der Waals surface area contributed by atoms with E-state index >= 15 is 0 Å². The molecule has 0 aliphatic carbocycles. The Hall–Kier alpha value is -3.20. The maximum Gasteiger partial charge on any atom is 0.255 e. The van der Waals surface area contributed by atoms with E-state index < -0.39 is 5.92 Å². The van der Waals surface area contributed by atoms with Crippen molar-refractivity contribution in [1.82, 2.24) is 0 Å². The van der Waals surface area contributed by atoms with Crippen molar-refractivity contribution in [3.8, 4) is 17.6 Å². The van der Waals surface area contributed by atoms with E-state index in [4.69, 9.17) is 32.7 Å². The van der Waals surface area contributed by atoms with E-state index in [1.54, 1.807) is 48.5 Å². The van der Waals surface area contributed by atoms with Crippen molar-refractivity contribution in [2.45, 2.75) is 26.7 Å². The smallest absolute Gasteiger partial charge is 0.255 e. The number of carbonyl (C=O) groups is 1. The second kappa shape index (κ2) is 11.1.